The van der Waals surface area contributed by atoms with Gasteiger partial charge in [-0.05, 0) is 24.1 Å². The van der Waals surface area contributed by atoms with Crippen molar-refractivity contribution in [3.8, 4) is 0 Å². The van der Waals surface area contributed by atoms with Crippen LogP contribution in [0.25, 0.3) is 0 Å². The van der Waals surface area contributed by atoms with Crippen molar-refractivity contribution >= 4 is 33.2 Å². The van der Waals surface area contributed by atoms with Crippen molar-refractivity contribution in [2.75, 3.05) is 5.21 Å². The fraction of sp³-hybridized carbons (Fsp3) is 0.400. The van der Waals surface area contributed by atoms with Gasteiger partial charge in [0.1, 0.15) is 5.21 Å². The zero-order valence-corrected chi connectivity index (χ0v) is 11.1. The molecule has 1 N–H and O–H groups in total. The van der Waals surface area contributed by atoms with Crippen molar-refractivity contribution in [2.24, 2.45) is 0 Å². The number of alkyl halides is 1. The minimum atomic E-state index is -3.42. The van der Waals surface area contributed by atoms with Gasteiger partial charge in [-0.3, -0.25) is 0 Å². The Bertz CT molecular complexity index is 448. The van der Waals surface area contributed by atoms with Gasteiger partial charge in [0.15, 0.2) is 0 Å². The Morgan fingerprint density at radius 1 is 1.44 bits per heavy atom. The molecule has 0 saturated heterocycles. The summed E-state index contributed by atoms with van der Waals surface area (Å²) in [5, 5.41) is 0.144. The summed E-state index contributed by atoms with van der Waals surface area (Å²) in [4.78, 5) is 0. The molecule has 0 fully saturated rings. The lowest BCUT2D eigenvalue weighted by molar-refractivity contribution is 0.554. The number of rotatable bonds is 5. The van der Waals surface area contributed by atoms with E-state index >= 15 is 0 Å². The molecule has 1 rings (SSSR count). The average Bonchev–Trinajstić information content (AvgIpc) is 2.26. The number of benzene rings is 1. The lowest BCUT2D eigenvalue weighted by Crippen LogP contribution is -2.28. The van der Waals surface area contributed by atoms with Crippen molar-refractivity contribution in [2.45, 2.75) is 19.4 Å². The van der Waals surface area contributed by atoms with E-state index in [0.29, 0.717) is 11.4 Å². The fourth-order valence-electron chi connectivity index (χ4n) is 1.36. The predicted molar refractivity (Wildman–Crippen MR) is 67.3 cm³/mol. The van der Waals surface area contributed by atoms with Crippen LogP contribution in [0.4, 0.5) is 0 Å². The maximum atomic E-state index is 11.4. The first-order valence-electron chi connectivity index (χ1n) is 4.80. The summed E-state index contributed by atoms with van der Waals surface area (Å²) >= 11 is 11.2. The van der Waals surface area contributed by atoms with Gasteiger partial charge in [0.2, 0.25) is 10.0 Å². The van der Waals surface area contributed by atoms with Gasteiger partial charge >= 0.3 is 0 Å². The molecule has 0 aliphatic heterocycles. The Kier molecular flexibility index (Phi) is 5.05. The lowest BCUT2D eigenvalue weighted by atomic mass is 10.1. The quantitative estimate of drug-likeness (QED) is 0.844. The number of hydrogen-bond donors (Lipinski definition) is 1. The van der Waals surface area contributed by atoms with Crippen LogP contribution in [0.5, 0.6) is 0 Å². The van der Waals surface area contributed by atoms with E-state index < -0.39 is 15.2 Å². The van der Waals surface area contributed by atoms with E-state index in [1.807, 2.05) is 13.0 Å². The molecule has 0 bridgehead atoms. The summed E-state index contributed by atoms with van der Waals surface area (Å²) in [6.45, 7) is 1.89. The minimum absolute atomic E-state index is 0.289. The topological polar surface area (TPSA) is 46.2 Å². The highest BCUT2D eigenvalue weighted by Crippen LogP contribution is 2.21. The van der Waals surface area contributed by atoms with Crippen molar-refractivity contribution < 1.29 is 8.42 Å². The van der Waals surface area contributed by atoms with E-state index in [9.17, 15) is 8.42 Å². The Morgan fingerprint density at radius 3 is 2.62 bits per heavy atom. The second kappa shape index (κ2) is 5.87. The van der Waals surface area contributed by atoms with E-state index in [4.69, 9.17) is 23.2 Å². The molecule has 3 nitrogen and oxygen atoms in total. The largest absolute Gasteiger partial charge is 0.226 e. The van der Waals surface area contributed by atoms with Crippen LogP contribution in [0.3, 0.4) is 0 Å². The summed E-state index contributed by atoms with van der Waals surface area (Å²) in [6.07, 6.45) is 0.635. The third kappa shape index (κ3) is 3.94. The molecule has 0 heterocycles. The highest BCUT2D eigenvalue weighted by atomic mass is 35.5. The van der Waals surface area contributed by atoms with Crippen LogP contribution < -0.4 is 4.72 Å². The summed E-state index contributed by atoms with van der Waals surface area (Å²) in [6, 6.07) is 6.81. The van der Waals surface area contributed by atoms with Gasteiger partial charge in [-0.25, -0.2) is 13.1 Å². The Hall–Kier alpha value is -0.290. The molecular formula is C10H13Cl2NO2S. The van der Waals surface area contributed by atoms with E-state index in [0.717, 1.165) is 5.56 Å². The Morgan fingerprint density at radius 2 is 2.12 bits per heavy atom. The van der Waals surface area contributed by atoms with Crippen LogP contribution >= 0.6 is 23.2 Å². The molecule has 1 atom stereocenters. The minimum Gasteiger partial charge on any atom is -0.211 e. The highest BCUT2D eigenvalue weighted by Gasteiger charge is 2.17. The first kappa shape index (κ1) is 13.8. The fourth-order valence-corrected chi connectivity index (χ4v) is 2.55. The molecule has 16 heavy (non-hydrogen) atoms. The van der Waals surface area contributed by atoms with Gasteiger partial charge in [-0.1, -0.05) is 30.7 Å². The maximum absolute atomic E-state index is 11.4. The third-order valence-electron chi connectivity index (χ3n) is 2.12. The lowest BCUT2D eigenvalue weighted by Gasteiger charge is -2.16. The van der Waals surface area contributed by atoms with Gasteiger partial charge in [0.05, 0.1) is 0 Å². The molecule has 6 heteroatoms. The van der Waals surface area contributed by atoms with Crippen molar-refractivity contribution in [3.63, 3.8) is 0 Å². The maximum Gasteiger partial charge on any atom is 0.226 e. The summed E-state index contributed by atoms with van der Waals surface area (Å²) in [7, 11) is -3.42. The van der Waals surface area contributed by atoms with Crippen LogP contribution in [0.2, 0.25) is 5.02 Å². The molecule has 1 unspecified atom stereocenters. The molecule has 0 aromatic heterocycles. The third-order valence-corrected chi connectivity index (χ3v) is 4.15. The first-order valence-corrected chi connectivity index (χ1v) is 7.36. The second-order valence-corrected chi connectivity index (χ2v) is 6.13. The number of hydrogen-bond acceptors (Lipinski definition) is 2. The van der Waals surface area contributed by atoms with Gasteiger partial charge in [-0.15, -0.1) is 11.6 Å². The molecule has 90 valence electrons. The molecule has 0 aliphatic rings. The van der Waals surface area contributed by atoms with E-state index in [-0.39, 0.29) is 6.04 Å². The smallest absolute Gasteiger partial charge is 0.211 e. The molecule has 1 aromatic rings. The SMILES string of the molecule is CCC(NS(=O)(=O)CCl)c1cccc(Cl)c1. The summed E-state index contributed by atoms with van der Waals surface area (Å²) in [5.74, 6) is 0. The van der Waals surface area contributed by atoms with Crippen molar-refractivity contribution in [1.82, 2.24) is 4.72 Å². The Labute approximate surface area is 106 Å². The zero-order valence-electron chi connectivity index (χ0n) is 8.78. The van der Waals surface area contributed by atoms with Crippen LogP contribution in [0.1, 0.15) is 24.9 Å². The standard InChI is InChI=1S/C10H13Cl2NO2S/c1-2-10(13-16(14,15)7-11)8-4-3-5-9(12)6-8/h3-6,10,13H,2,7H2,1H3. The van der Waals surface area contributed by atoms with Crippen LogP contribution in [-0.2, 0) is 10.0 Å². The molecule has 0 radical (unpaired) electrons. The average molecular weight is 282 g/mol. The summed E-state index contributed by atoms with van der Waals surface area (Å²) in [5.41, 5.74) is 0.837. The van der Waals surface area contributed by atoms with Crippen molar-refractivity contribution in [3.05, 3.63) is 34.9 Å². The molecule has 0 spiro atoms. The predicted octanol–water partition coefficient (Wildman–Crippen LogP) is 2.91. The van der Waals surface area contributed by atoms with Gasteiger partial charge < -0.3 is 0 Å². The van der Waals surface area contributed by atoms with Crippen LogP contribution in [-0.4, -0.2) is 13.6 Å². The number of nitrogens with one attached hydrogen (secondary N) is 1. The van der Waals surface area contributed by atoms with Crippen LogP contribution in [0.15, 0.2) is 24.3 Å². The summed E-state index contributed by atoms with van der Waals surface area (Å²) < 4.78 is 25.2. The first-order chi connectivity index (χ1) is 7.48. The van der Waals surface area contributed by atoms with Gasteiger partial charge in [0, 0.05) is 11.1 Å². The molecule has 1 aromatic carbocycles. The van der Waals surface area contributed by atoms with Gasteiger partial charge in [0.25, 0.3) is 0 Å². The van der Waals surface area contributed by atoms with E-state index in [2.05, 4.69) is 4.72 Å². The molecular weight excluding hydrogens is 269 g/mol. The number of sulfonamides is 1. The van der Waals surface area contributed by atoms with Gasteiger partial charge in [-0.2, -0.15) is 0 Å². The van der Waals surface area contributed by atoms with Crippen LogP contribution in [0, 0.1) is 0 Å². The molecule has 0 saturated carbocycles. The normalized spacial score (nSPS) is 13.7. The Balaban J connectivity index is 2.91. The zero-order chi connectivity index (χ0) is 12.2. The van der Waals surface area contributed by atoms with Crippen molar-refractivity contribution in [1.29, 1.82) is 0 Å². The monoisotopic (exact) mass is 281 g/mol. The second-order valence-electron chi connectivity index (χ2n) is 3.36. The molecule has 0 aliphatic carbocycles. The van der Waals surface area contributed by atoms with E-state index in [1.165, 1.54) is 0 Å². The van der Waals surface area contributed by atoms with E-state index in [1.54, 1.807) is 18.2 Å². The highest BCUT2D eigenvalue weighted by molar-refractivity contribution is 7.90. The molecule has 0 amide bonds. The number of halogens is 2.